The number of rotatable bonds is 6. The van der Waals surface area contributed by atoms with E-state index in [-0.39, 0.29) is 17.8 Å². The molecule has 0 N–H and O–H groups in total. The van der Waals surface area contributed by atoms with E-state index in [1.54, 1.807) is 4.90 Å². The van der Waals surface area contributed by atoms with Gasteiger partial charge in [-0.05, 0) is 37.1 Å². The van der Waals surface area contributed by atoms with E-state index in [9.17, 15) is 13.2 Å². The smallest absolute Gasteiger partial charge is 0.242 e. The Bertz CT molecular complexity index is 814. The van der Waals surface area contributed by atoms with E-state index in [1.807, 2.05) is 24.4 Å². The fourth-order valence-corrected chi connectivity index (χ4v) is 4.87. The molecule has 1 aliphatic heterocycles. The Labute approximate surface area is 151 Å². The van der Waals surface area contributed by atoms with E-state index in [0.717, 1.165) is 30.6 Å². The number of piperidine rings is 1. The van der Waals surface area contributed by atoms with Crippen LogP contribution in [0.3, 0.4) is 0 Å². The van der Waals surface area contributed by atoms with Gasteiger partial charge in [0.2, 0.25) is 17.6 Å². The van der Waals surface area contributed by atoms with Gasteiger partial charge in [0.1, 0.15) is 11.5 Å². The van der Waals surface area contributed by atoms with E-state index in [1.165, 1.54) is 11.3 Å². The summed E-state index contributed by atoms with van der Waals surface area (Å²) in [5.74, 6) is -0.873. The number of thiophene rings is 1. The molecule has 9 heteroatoms. The molecule has 1 amide bonds. The first-order valence-electron chi connectivity index (χ1n) is 8.35. The third kappa shape index (κ3) is 4.46. The van der Waals surface area contributed by atoms with Crippen molar-refractivity contribution >= 4 is 27.1 Å². The first kappa shape index (κ1) is 18.1. The van der Waals surface area contributed by atoms with Crippen LogP contribution in [-0.4, -0.2) is 47.7 Å². The van der Waals surface area contributed by atoms with Crippen LogP contribution in [0.5, 0.6) is 0 Å². The van der Waals surface area contributed by atoms with Crippen molar-refractivity contribution in [3.63, 3.8) is 0 Å². The zero-order valence-electron chi connectivity index (χ0n) is 14.1. The third-order valence-corrected chi connectivity index (χ3v) is 6.55. The number of hydrogen-bond acceptors (Lipinski definition) is 7. The van der Waals surface area contributed by atoms with Crippen LogP contribution in [0.1, 0.15) is 38.5 Å². The van der Waals surface area contributed by atoms with Crippen molar-refractivity contribution in [2.75, 3.05) is 12.3 Å². The maximum atomic E-state index is 12.4. The van der Waals surface area contributed by atoms with Crippen LogP contribution in [-0.2, 0) is 20.4 Å². The molecule has 25 heavy (non-hydrogen) atoms. The highest BCUT2D eigenvalue weighted by Gasteiger charge is 2.29. The van der Waals surface area contributed by atoms with Crippen LogP contribution >= 0.6 is 11.3 Å². The van der Waals surface area contributed by atoms with Crippen molar-refractivity contribution in [2.24, 2.45) is 0 Å². The SMILES string of the molecule is CC[C@@H]1CCCCN1C(=O)CS(=O)(=O)Cc1nc(-c2cccs2)no1. The van der Waals surface area contributed by atoms with Gasteiger partial charge >= 0.3 is 0 Å². The Hall–Kier alpha value is -1.74. The molecule has 1 fully saturated rings. The molecule has 3 heterocycles. The molecule has 2 aromatic rings. The van der Waals surface area contributed by atoms with Crippen LogP contribution in [0, 0.1) is 0 Å². The van der Waals surface area contributed by atoms with Gasteiger partial charge in [-0.25, -0.2) is 8.42 Å². The minimum atomic E-state index is -3.65. The summed E-state index contributed by atoms with van der Waals surface area (Å²) >= 11 is 1.44. The number of carbonyl (C=O) groups is 1. The molecule has 136 valence electrons. The lowest BCUT2D eigenvalue weighted by Gasteiger charge is -2.35. The summed E-state index contributed by atoms with van der Waals surface area (Å²) < 4.78 is 29.8. The number of hydrogen-bond donors (Lipinski definition) is 0. The van der Waals surface area contributed by atoms with Gasteiger partial charge in [0.25, 0.3) is 0 Å². The first-order chi connectivity index (χ1) is 12.0. The monoisotopic (exact) mass is 383 g/mol. The van der Waals surface area contributed by atoms with Crippen LogP contribution in [0.2, 0.25) is 0 Å². The Morgan fingerprint density at radius 1 is 1.44 bits per heavy atom. The van der Waals surface area contributed by atoms with Crippen molar-refractivity contribution in [2.45, 2.75) is 44.4 Å². The van der Waals surface area contributed by atoms with Gasteiger partial charge < -0.3 is 9.42 Å². The number of nitrogens with zero attached hydrogens (tertiary/aromatic N) is 3. The molecular formula is C16H21N3O4S2. The summed E-state index contributed by atoms with van der Waals surface area (Å²) in [7, 11) is -3.65. The largest absolute Gasteiger partial charge is 0.339 e. The molecular weight excluding hydrogens is 362 g/mol. The second-order valence-electron chi connectivity index (χ2n) is 6.17. The summed E-state index contributed by atoms with van der Waals surface area (Å²) in [4.78, 5) is 19.1. The molecule has 7 nitrogen and oxygen atoms in total. The topological polar surface area (TPSA) is 93.4 Å². The molecule has 1 aliphatic rings. The summed E-state index contributed by atoms with van der Waals surface area (Å²) in [6, 6.07) is 3.83. The van der Waals surface area contributed by atoms with E-state index in [2.05, 4.69) is 10.1 Å². The van der Waals surface area contributed by atoms with Gasteiger partial charge in [-0.1, -0.05) is 18.1 Å². The second-order valence-corrected chi connectivity index (χ2v) is 9.18. The van der Waals surface area contributed by atoms with Crippen LogP contribution < -0.4 is 0 Å². The maximum absolute atomic E-state index is 12.4. The average molecular weight is 383 g/mol. The predicted molar refractivity (Wildman–Crippen MR) is 94.7 cm³/mol. The van der Waals surface area contributed by atoms with Gasteiger partial charge in [-0.15, -0.1) is 11.3 Å². The Morgan fingerprint density at radius 2 is 2.28 bits per heavy atom. The Balaban J connectivity index is 1.65. The summed E-state index contributed by atoms with van der Waals surface area (Å²) in [5, 5.41) is 5.68. The lowest BCUT2D eigenvalue weighted by Crippen LogP contribution is -2.45. The van der Waals surface area contributed by atoms with Crippen molar-refractivity contribution in [1.29, 1.82) is 0 Å². The lowest BCUT2D eigenvalue weighted by atomic mass is 10.0. The van der Waals surface area contributed by atoms with Crippen molar-refractivity contribution in [3.05, 3.63) is 23.4 Å². The van der Waals surface area contributed by atoms with Gasteiger partial charge in [0.05, 0.1) is 4.88 Å². The van der Waals surface area contributed by atoms with Gasteiger partial charge in [0, 0.05) is 12.6 Å². The highest BCUT2D eigenvalue weighted by Crippen LogP contribution is 2.23. The number of amides is 1. The fraction of sp³-hybridized carbons (Fsp3) is 0.562. The normalized spacial score (nSPS) is 18.4. The zero-order valence-corrected chi connectivity index (χ0v) is 15.7. The summed E-state index contributed by atoms with van der Waals surface area (Å²) in [6.07, 6.45) is 3.80. The zero-order chi connectivity index (χ0) is 17.9. The van der Waals surface area contributed by atoms with Crippen LogP contribution in [0.25, 0.3) is 10.7 Å². The minimum Gasteiger partial charge on any atom is -0.339 e. The maximum Gasteiger partial charge on any atom is 0.242 e. The molecule has 1 atom stereocenters. The van der Waals surface area contributed by atoms with E-state index in [4.69, 9.17) is 4.52 Å². The molecule has 0 aromatic carbocycles. The molecule has 0 bridgehead atoms. The molecule has 0 unspecified atom stereocenters. The molecule has 1 saturated heterocycles. The van der Waals surface area contributed by atoms with Gasteiger partial charge in [0.15, 0.2) is 9.84 Å². The molecule has 2 aromatic heterocycles. The molecule has 0 spiro atoms. The van der Waals surface area contributed by atoms with Crippen molar-refractivity contribution in [1.82, 2.24) is 15.0 Å². The molecule has 0 saturated carbocycles. The molecule has 0 aliphatic carbocycles. The van der Waals surface area contributed by atoms with Crippen LogP contribution in [0.15, 0.2) is 22.0 Å². The number of likely N-dealkylation sites (tertiary alicyclic amines) is 1. The van der Waals surface area contributed by atoms with Crippen LogP contribution in [0.4, 0.5) is 0 Å². The summed E-state index contributed by atoms with van der Waals surface area (Å²) in [6.45, 7) is 2.66. The quantitative estimate of drug-likeness (QED) is 0.761. The Morgan fingerprint density at radius 3 is 3.00 bits per heavy atom. The van der Waals surface area contributed by atoms with E-state index < -0.39 is 21.3 Å². The van der Waals surface area contributed by atoms with E-state index >= 15 is 0 Å². The highest BCUT2D eigenvalue weighted by molar-refractivity contribution is 7.91. The lowest BCUT2D eigenvalue weighted by molar-refractivity contribution is -0.132. The number of aromatic nitrogens is 2. The molecule has 0 radical (unpaired) electrons. The summed E-state index contributed by atoms with van der Waals surface area (Å²) in [5.41, 5.74) is 0. The van der Waals surface area contributed by atoms with Crippen molar-refractivity contribution < 1.29 is 17.7 Å². The highest BCUT2D eigenvalue weighted by atomic mass is 32.2. The number of carbonyl (C=O) groups excluding carboxylic acids is 1. The van der Waals surface area contributed by atoms with Gasteiger partial charge in [-0.2, -0.15) is 4.98 Å². The molecule has 3 rings (SSSR count). The third-order valence-electron chi connectivity index (χ3n) is 4.32. The second kappa shape index (κ2) is 7.65. The van der Waals surface area contributed by atoms with Gasteiger partial charge in [-0.3, -0.25) is 4.79 Å². The first-order valence-corrected chi connectivity index (χ1v) is 11.0. The number of sulfone groups is 1. The van der Waals surface area contributed by atoms with Crippen molar-refractivity contribution in [3.8, 4) is 10.7 Å². The predicted octanol–water partition coefficient (Wildman–Crippen LogP) is 2.50. The van der Waals surface area contributed by atoms with E-state index in [0.29, 0.717) is 12.4 Å². The Kier molecular flexibility index (Phi) is 5.53. The average Bonchev–Trinajstić information content (AvgIpc) is 3.25. The minimum absolute atomic E-state index is 0.0156. The standard InChI is InChI=1S/C16H21N3O4S2/c1-2-12-6-3-4-8-19(12)15(20)11-25(21,22)10-14-17-16(18-23-14)13-7-5-9-24-13/h5,7,9,12H,2-4,6,8,10-11H2,1H3/t12-/m1/s1. The fourth-order valence-electron chi connectivity index (χ4n) is 3.08.